The van der Waals surface area contributed by atoms with Crippen molar-refractivity contribution in [2.75, 3.05) is 23.7 Å². The molecule has 0 saturated carbocycles. The lowest BCUT2D eigenvalue weighted by atomic mass is 9.87. The maximum Gasteiger partial charge on any atom is 0.178 e. The molecule has 4 heterocycles. The zero-order valence-corrected chi connectivity index (χ0v) is 39.2. The maximum atomic E-state index is 5.44. The molecule has 0 aliphatic carbocycles. The van der Waals surface area contributed by atoms with Crippen LogP contribution in [0.1, 0.15) is 131 Å². The molecule has 4 aromatic rings. The standard InChI is InChI=1S/C54H66N8/c1-51(2,3)35-17-25-39(26-18-35)55-45-49(57-41-29-21-37(22-30-41)53(7,8)9)61-33-13-15-43(47(61)59-45)44-16-14-34-62-48(44)60-46(56-40-27-19-36(20-28-40)52(4,5)6)50(62)58-42-31-23-38(24-32-42)54(10,11)12/h17-32H,13-16,33-34H2,1-12H3,(H,55,59)(H,56,60). The molecule has 0 unspecified atom stereocenters. The first-order valence-corrected chi connectivity index (χ1v) is 22.6. The highest BCUT2D eigenvalue weighted by Crippen LogP contribution is 2.41. The number of nitrogens with zero attached hydrogens (tertiary/aromatic N) is 6. The van der Waals surface area contributed by atoms with Crippen LogP contribution in [-0.4, -0.2) is 46.2 Å². The molecule has 0 amide bonds. The summed E-state index contributed by atoms with van der Waals surface area (Å²) < 4.78 is 0. The Balaban J connectivity index is 1.23. The zero-order chi connectivity index (χ0) is 44.2. The summed E-state index contributed by atoms with van der Waals surface area (Å²) in [7, 11) is 0. The molecule has 0 bridgehead atoms. The summed E-state index contributed by atoms with van der Waals surface area (Å²) in [6, 6.07) is 34.8. The lowest BCUT2D eigenvalue weighted by molar-refractivity contribution is 0.442. The third-order valence-corrected chi connectivity index (χ3v) is 12.4. The average molecular weight is 827 g/mol. The van der Waals surface area contributed by atoms with E-state index in [2.05, 4.69) is 201 Å². The highest BCUT2D eigenvalue weighted by Gasteiger charge is 2.39. The number of amidine groups is 4. The van der Waals surface area contributed by atoms with Crippen molar-refractivity contribution in [1.29, 1.82) is 0 Å². The van der Waals surface area contributed by atoms with Gasteiger partial charge in [0.2, 0.25) is 0 Å². The van der Waals surface area contributed by atoms with Crippen LogP contribution in [0.4, 0.5) is 22.7 Å². The first-order valence-electron chi connectivity index (χ1n) is 22.6. The average Bonchev–Trinajstić information content (AvgIpc) is 3.73. The largest absolute Gasteiger partial charge is 0.337 e. The van der Waals surface area contributed by atoms with Crippen molar-refractivity contribution in [3.63, 3.8) is 0 Å². The van der Waals surface area contributed by atoms with Gasteiger partial charge in [-0.3, -0.25) is 0 Å². The van der Waals surface area contributed by atoms with E-state index in [1.807, 2.05) is 0 Å². The summed E-state index contributed by atoms with van der Waals surface area (Å²) in [6.45, 7) is 28.6. The van der Waals surface area contributed by atoms with E-state index in [-0.39, 0.29) is 21.7 Å². The van der Waals surface area contributed by atoms with Gasteiger partial charge in [-0.15, -0.1) is 0 Å². The van der Waals surface area contributed by atoms with E-state index in [4.69, 9.17) is 20.0 Å². The summed E-state index contributed by atoms with van der Waals surface area (Å²) in [5.41, 5.74) is 11.7. The molecule has 62 heavy (non-hydrogen) atoms. The second kappa shape index (κ2) is 16.2. The maximum absolute atomic E-state index is 5.44. The van der Waals surface area contributed by atoms with Crippen molar-refractivity contribution < 1.29 is 0 Å². The molecule has 322 valence electrons. The fraction of sp³-hybridized carbons (Fsp3) is 0.407. The second-order valence-electron chi connectivity index (χ2n) is 21.4. The van der Waals surface area contributed by atoms with Crippen LogP contribution in [0.25, 0.3) is 0 Å². The van der Waals surface area contributed by atoms with E-state index in [1.54, 1.807) is 0 Å². The van der Waals surface area contributed by atoms with E-state index >= 15 is 0 Å². The molecular weight excluding hydrogens is 761 g/mol. The number of benzene rings is 4. The molecule has 0 radical (unpaired) electrons. The third-order valence-electron chi connectivity index (χ3n) is 12.4. The van der Waals surface area contributed by atoms with Crippen LogP contribution in [0, 0.1) is 0 Å². The Morgan fingerprint density at radius 2 is 0.710 bits per heavy atom. The predicted octanol–water partition coefficient (Wildman–Crippen LogP) is 13.3. The Labute approximate surface area is 370 Å². The minimum absolute atomic E-state index is 0.0588. The highest BCUT2D eigenvalue weighted by atomic mass is 15.4. The number of fused-ring (bicyclic) bond motifs is 2. The van der Waals surface area contributed by atoms with Crippen molar-refractivity contribution in [3.05, 3.63) is 142 Å². The number of rotatable bonds is 5. The Hall–Kier alpha value is -5.76. The number of anilines is 2. The number of nitrogens with one attached hydrogen (secondary N) is 2. The highest BCUT2D eigenvalue weighted by molar-refractivity contribution is 6.47. The van der Waals surface area contributed by atoms with Crippen LogP contribution in [0.15, 0.2) is 140 Å². The van der Waals surface area contributed by atoms with E-state index in [1.165, 1.54) is 33.4 Å². The molecule has 4 aromatic carbocycles. The molecule has 4 aliphatic rings. The summed E-state index contributed by atoms with van der Waals surface area (Å²) in [6.07, 6.45) is 3.79. The molecular formula is C54H66N8. The Bertz CT molecular complexity index is 2320. The van der Waals surface area contributed by atoms with E-state index in [0.29, 0.717) is 0 Å². The molecule has 8 heteroatoms. The van der Waals surface area contributed by atoms with E-state index in [9.17, 15) is 0 Å². The summed E-state index contributed by atoms with van der Waals surface area (Å²) in [5, 5.41) is 7.41. The quantitative estimate of drug-likeness (QED) is 0.210. The Kier molecular flexibility index (Phi) is 11.2. The van der Waals surface area contributed by atoms with Gasteiger partial charge < -0.3 is 20.4 Å². The normalized spacial score (nSPS) is 18.6. The SMILES string of the molecule is CC(C)(C)c1ccc(N=C2C(Nc3ccc(C(C)(C)C)cc3)=NC3=C(C4=C5N=C(Nc6ccc(C(C)(C)C)cc6)C(=Nc6ccc(C(C)(C)C)cc6)N5CCC4)CCCN23)cc1. The zero-order valence-electron chi connectivity index (χ0n) is 39.2. The van der Waals surface area contributed by atoms with Gasteiger partial charge in [-0.25, -0.2) is 20.0 Å². The summed E-state index contributed by atoms with van der Waals surface area (Å²) >= 11 is 0. The van der Waals surface area contributed by atoms with Crippen molar-refractivity contribution in [3.8, 4) is 0 Å². The fourth-order valence-corrected chi connectivity index (χ4v) is 8.49. The Morgan fingerprint density at radius 3 is 1.00 bits per heavy atom. The first kappa shape index (κ1) is 42.9. The lowest BCUT2D eigenvalue weighted by Gasteiger charge is -2.32. The first-order chi connectivity index (χ1) is 29.2. The minimum Gasteiger partial charge on any atom is -0.337 e. The number of allylic oxidation sites excluding steroid dienone is 2. The number of hydrogen-bond acceptors (Lipinski definition) is 6. The predicted molar refractivity (Wildman–Crippen MR) is 263 cm³/mol. The summed E-state index contributed by atoms with van der Waals surface area (Å²) in [5.74, 6) is 5.14. The van der Waals surface area contributed by atoms with E-state index in [0.717, 1.165) is 96.5 Å². The molecule has 2 N–H and O–H groups in total. The molecule has 8 rings (SSSR count). The van der Waals surface area contributed by atoms with Gasteiger partial charge >= 0.3 is 0 Å². The van der Waals surface area contributed by atoms with Crippen LogP contribution < -0.4 is 10.6 Å². The van der Waals surface area contributed by atoms with Crippen molar-refractivity contribution in [2.24, 2.45) is 20.0 Å². The topological polar surface area (TPSA) is 80.0 Å². The van der Waals surface area contributed by atoms with Gasteiger partial charge in [0, 0.05) is 35.6 Å². The van der Waals surface area contributed by atoms with Crippen molar-refractivity contribution >= 4 is 46.1 Å². The Morgan fingerprint density at radius 1 is 0.419 bits per heavy atom. The lowest BCUT2D eigenvalue weighted by Crippen LogP contribution is -2.37. The molecule has 0 atom stereocenters. The van der Waals surface area contributed by atoms with Crippen molar-refractivity contribution in [1.82, 2.24) is 9.80 Å². The molecule has 0 spiro atoms. The smallest absolute Gasteiger partial charge is 0.178 e. The monoisotopic (exact) mass is 827 g/mol. The molecule has 4 aliphatic heterocycles. The van der Waals surface area contributed by atoms with Crippen LogP contribution in [0.2, 0.25) is 0 Å². The molecule has 0 saturated heterocycles. The second-order valence-corrected chi connectivity index (χ2v) is 21.4. The molecule has 0 fully saturated rings. The van der Waals surface area contributed by atoms with Crippen LogP contribution in [0.5, 0.6) is 0 Å². The van der Waals surface area contributed by atoms with Gasteiger partial charge in [-0.2, -0.15) is 0 Å². The fourth-order valence-electron chi connectivity index (χ4n) is 8.49. The van der Waals surface area contributed by atoms with Gasteiger partial charge in [0.05, 0.1) is 11.4 Å². The van der Waals surface area contributed by atoms with Gasteiger partial charge in [0.15, 0.2) is 23.3 Å². The molecule has 8 nitrogen and oxygen atoms in total. The van der Waals surface area contributed by atoms with Crippen molar-refractivity contribution in [2.45, 2.75) is 130 Å². The van der Waals surface area contributed by atoms with Gasteiger partial charge in [-0.05, 0) is 118 Å². The molecule has 0 aromatic heterocycles. The van der Waals surface area contributed by atoms with Gasteiger partial charge in [-0.1, -0.05) is 132 Å². The van der Waals surface area contributed by atoms with Crippen LogP contribution in [-0.2, 0) is 21.7 Å². The van der Waals surface area contributed by atoms with Crippen LogP contribution in [0.3, 0.4) is 0 Å². The number of aliphatic imine (C=N–C) groups is 4. The summed E-state index contributed by atoms with van der Waals surface area (Å²) in [4.78, 5) is 26.2. The van der Waals surface area contributed by atoms with Crippen LogP contribution >= 0.6 is 0 Å². The van der Waals surface area contributed by atoms with E-state index < -0.39 is 0 Å². The minimum atomic E-state index is 0.0588. The number of hydrogen-bond donors (Lipinski definition) is 2. The van der Waals surface area contributed by atoms with Gasteiger partial charge in [0.25, 0.3) is 0 Å². The van der Waals surface area contributed by atoms with Gasteiger partial charge in [0.1, 0.15) is 11.6 Å². The third kappa shape index (κ3) is 9.06.